The predicted molar refractivity (Wildman–Crippen MR) is 111 cm³/mol. The third-order valence-electron chi connectivity index (χ3n) is 4.69. The molecule has 0 aliphatic heterocycles. The number of fused-ring (bicyclic) bond motifs is 1. The summed E-state index contributed by atoms with van der Waals surface area (Å²) in [5.74, 6) is 5.76. The molecule has 0 radical (unpaired) electrons. The number of aromatic nitrogens is 6. The lowest BCUT2D eigenvalue weighted by atomic mass is 9.88. The van der Waals surface area contributed by atoms with Gasteiger partial charge in [-0.25, -0.2) is 10.4 Å². The Balaban J connectivity index is 1.70. The summed E-state index contributed by atoms with van der Waals surface area (Å²) in [6.45, 7) is 5.96. The molecule has 0 atom stereocenters. The fourth-order valence-electron chi connectivity index (χ4n) is 3.20. The van der Waals surface area contributed by atoms with Crippen LogP contribution in [0.2, 0.25) is 0 Å². The first-order valence-corrected chi connectivity index (χ1v) is 9.72. The zero-order valence-electron chi connectivity index (χ0n) is 17.7. The highest BCUT2D eigenvalue weighted by atomic mass is 16.5. The highest BCUT2D eigenvalue weighted by Crippen LogP contribution is 2.36. The van der Waals surface area contributed by atoms with Crippen LogP contribution in [0.5, 0.6) is 5.88 Å². The first kappa shape index (κ1) is 21.3. The molecule has 4 rings (SSSR count). The number of hydrazine groups is 1. The molecular weight excluding hydrogens is 416 g/mol. The lowest BCUT2D eigenvalue weighted by Gasteiger charge is -2.18. The minimum atomic E-state index is -0.426. The molecule has 0 unspecified atom stereocenters. The van der Waals surface area contributed by atoms with Crippen molar-refractivity contribution >= 4 is 11.4 Å². The smallest absolute Gasteiger partial charge is 0.266 e. The molecule has 4 heterocycles. The van der Waals surface area contributed by atoms with Crippen LogP contribution in [0.1, 0.15) is 48.1 Å². The molecule has 0 aliphatic carbocycles. The molecule has 0 aliphatic rings. The summed E-state index contributed by atoms with van der Waals surface area (Å²) in [6.07, 6.45) is 3.03. The molecule has 0 spiro atoms. The maximum absolute atomic E-state index is 11.6. The van der Waals surface area contributed by atoms with Crippen molar-refractivity contribution in [3.8, 4) is 17.4 Å². The van der Waals surface area contributed by atoms with Crippen LogP contribution in [0.3, 0.4) is 0 Å². The quantitative estimate of drug-likeness (QED) is 0.226. The van der Waals surface area contributed by atoms with Crippen molar-refractivity contribution in [1.29, 1.82) is 0 Å². The number of carbonyl (C=O) groups is 1. The fourth-order valence-corrected chi connectivity index (χ4v) is 3.20. The number of nitrogens with two attached hydrogens (primary N) is 1. The van der Waals surface area contributed by atoms with E-state index in [0.29, 0.717) is 39.9 Å². The van der Waals surface area contributed by atoms with Crippen LogP contribution in [-0.2, 0) is 18.6 Å². The lowest BCUT2D eigenvalue weighted by molar-refractivity contribution is 0.0953. The minimum absolute atomic E-state index is 0.131. The Hall–Kier alpha value is -3.90. The van der Waals surface area contributed by atoms with Crippen molar-refractivity contribution in [3.63, 3.8) is 0 Å². The van der Waals surface area contributed by atoms with Gasteiger partial charge in [0.05, 0.1) is 23.0 Å². The van der Waals surface area contributed by atoms with E-state index in [0.717, 1.165) is 5.56 Å². The molecule has 0 saturated carbocycles. The van der Waals surface area contributed by atoms with Gasteiger partial charge in [-0.15, -0.1) is 10.2 Å². The number of hydrogen-bond acceptors (Lipinski definition) is 10. The number of rotatable bonds is 6. The fraction of sp³-hybridized carbons (Fsp3) is 0.300. The van der Waals surface area contributed by atoms with Gasteiger partial charge in [0, 0.05) is 17.8 Å². The van der Waals surface area contributed by atoms with Crippen LogP contribution < -0.4 is 16.0 Å². The van der Waals surface area contributed by atoms with E-state index >= 15 is 0 Å². The Bertz CT molecular complexity index is 1260. The van der Waals surface area contributed by atoms with Gasteiger partial charge >= 0.3 is 0 Å². The summed E-state index contributed by atoms with van der Waals surface area (Å²) in [6, 6.07) is 4.86. The van der Waals surface area contributed by atoms with Crippen LogP contribution in [0, 0.1) is 0 Å². The number of hydrogen-bond donors (Lipinski definition) is 3. The normalized spacial score (nSPS) is 11.7. The van der Waals surface area contributed by atoms with Crippen molar-refractivity contribution in [1.82, 2.24) is 35.4 Å². The van der Waals surface area contributed by atoms with Gasteiger partial charge < -0.3 is 14.4 Å². The topological polar surface area (TPSA) is 167 Å². The summed E-state index contributed by atoms with van der Waals surface area (Å²) < 4.78 is 12.7. The number of amides is 1. The predicted octanol–water partition coefficient (Wildman–Crippen LogP) is 1.15. The van der Waals surface area contributed by atoms with Gasteiger partial charge in [0.2, 0.25) is 11.7 Å². The standard InChI is InChI=1S/C20H22N8O4/c1-20(2,3)16-15-8-23-25-17(14-6-13(9-29)32-27-14)28(15)26-19(16)31-10-12-5-4-11(7-22-12)18(30)24-21/h4-8,29H,9-10,21H2,1-3H3,(H,24,30). The van der Waals surface area contributed by atoms with Crippen LogP contribution >= 0.6 is 0 Å². The number of pyridine rings is 1. The van der Waals surface area contributed by atoms with E-state index < -0.39 is 5.91 Å². The monoisotopic (exact) mass is 438 g/mol. The third-order valence-corrected chi connectivity index (χ3v) is 4.69. The Labute approximate surface area is 182 Å². The Morgan fingerprint density at radius 3 is 2.75 bits per heavy atom. The van der Waals surface area contributed by atoms with Gasteiger partial charge in [-0.05, 0) is 17.5 Å². The number of nitrogen functional groups attached to an aromatic ring is 1. The van der Waals surface area contributed by atoms with E-state index in [2.05, 4.69) is 30.9 Å². The van der Waals surface area contributed by atoms with E-state index in [1.165, 1.54) is 6.20 Å². The first-order valence-electron chi connectivity index (χ1n) is 9.72. The van der Waals surface area contributed by atoms with E-state index in [1.807, 2.05) is 20.8 Å². The van der Waals surface area contributed by atoms with Gasteiger partial charge in [-0.1, -0.05) is 25.9 Å². The SMILES string of the molecule is CC(C)(C)c1c(OCc2ccc(C(=O)NN)cn2)nn2c(-c3cc(CO)on3)nncc12. The number of nitrogens with one attached hydrogen (secondary N) is 1. The molecule has 4 N–H and O–H groups in total. The summed E-state index contributed by atoms with van der Waals surface area (Å²) in [5.41, 5.74) is 4.61. The van der Waals surface area contributed by atoms with Gasteiger partial charge in [0.25, 0.3) is 5.91 Å². The second-order valence-corrected chi connectivity index (χ2v) is 8.03. The van der Waals surface area contributed by atoms with Crippen molar-refractivity contribution < 1.29 is 19.2 Å². The molecule has 4 aromatic rings. The molecule has 32 heavy (non-hydrogen) atoms. The minimum Gasteiger partial charge on any atom is -0.470 e. The maximum atomic E-state index is 11.6. The molecule has 0 aromatic carbocycles. The van der Waals surface area contributed by atoms with Crippen molar-refractivity contribution in [2.45, 2.75) is 39.4 Å². The molecule has 12 nitrogen and oxygen atoms in total. The average Bonchev–Trinajstić information content (AvgIpc) is 3.41. The largest absolute Gasteiger partial charge is 0.470 e. The molecule has 0 bridgehead atoms. The molecule has 4 aromatic heterocycles. The first-order chi connectivity index (χ1) is 15.3. The van der Waals surface area contributed by atoms with Crippen LogP contribution in [-0.4, -0.2) is 41.0 Å². The molecule has 0 saturated heterocycles. The van der Waals surface area contributed by atoms with Gasteiger partial charge in [-0.3, -0.25) is 15.2 Å². The number of ether oxygens (including phenoxy) is 1. The maximum Gasteiger partial charge on any atom is 0.266 e. The molecule has 12 heteroatoms. The van der Waals surface area contributed by atoms with E-state index in [1.54, 1.807) is 28.9 Å². The number of aliphatic hydroxyl groups excluding tert-OH is 1. The van der Waals surface area contributed by atoms with Crippen LogP contribution in [0.15, 0.2) is 35.1 Å². The molecule has 1 amide bonds. The van der Waals surface area contributed by atoms with Crippen molar-refractivity contribution in [2.24, 2.45) is 5.84 Å². The summed E-state index contributed by atoms with van der Waals surface area (Å²) in [5, 5.41) is 26.0. The van der Waals surface area contributed by atoms with Crippen LogP contribution in [0.4, 0.5) is 0 Å². The Kier molecular flexibility index (Phi) is 5.55. The highest BCUT2D eigenvalue weighted by molar-refractivity contribution is 5.93. The van der Waals surface area contributed by atoms with Crippen molar-refractivity contribution in [3.05, 3.63) is 53.2 Å². The second kappa shape index (κ2) is 8.32. The Morgan fingerprint density at radius 1 is 1.31 bits per heavy atom. The van der Waals surface area contributed by atoms with E-state index in [9.17, 15) is 9.90 Å². The van der Waals surface area contributed by atoms with Gasteiger partial charge in [-0.2, -0.15) is 5.10 Å². The number of carbonyl (C=O) groups excluding carboxylic acids is 1. The Morgan fingerprint density at radius 2 is 2.12 bits per heavy atom. The third kappa shape index (κ3) is 4.00. The molecule has 0 fully saturated rings. The van der Waals surface area contributed by atoms with Gasteiger partial charge in [0.1, 0.15) is 13.2 Å². The number of aliphatic hydroxyl groups is 1. The average molecular weight is 438 g/mol. The summed E-state index contributed by atoms with van der Waals surface area (Å²) >= 11 is 0. The van der Waals surface area contributed by atoms with E-state index in [4.69, 9.17) is 15.1 Å². The zero-order chi connectivity index (χ0) is 22.9. The van der Waals surface area contributed by atoms with Crippen LogP contribution in [0.25, 0.3) is 17.0 Å². The molecular formula is C20H22N8O4. The second-order valence-electron chi connectivity index (χ2n) is 8.03. The highest BCUT2D eigenvalue weighted by Gasteiger charge is 2.28. The lowest BCUT2D eigenvalue weighted by Crippen LogP contribution is -2.30. The summed E-state index contributed by atoms with van der Waals surface area (Å²) in [4.78, 5) is 15.8. The van der Waals surface area contributed by atoms with E-state index in [-0.39, 0.29) is 18.6 Å². The van der Waals surface area contributed by atoms with Gasteiger partial charge in [0.15, 0.2) is 11.5 Å². The zero-order valence-corrected chi connectivity index (χ0v) is 17.7. The molecule has 166 valence electrons. The number of nitrogens with zero attached hydrogens (tertiary/aromatic N) is 6. The summed E-state index contributed by atoms with van der Waals surface area (Å²) in [7, 11) is 0. The van der Waals surface area contributed by atoms with Crippen molar-refractivity contribution in [2.75, 3.05) is 0 Å².